The Hall–Kier alpha value is -4.33. The Balaban J connectivity index is 1.90. The summed E-state index contributed by atoms with van der Waals surface area (Å²) in [6, 6.07) is 21.6. The number of pyridine rings is 1. The molecule has 0 fully saturated rings. The molecular formula is C36H48N4O8S. The molecule has 3 aromatic rings. The molecule has 0 aliphatic heterocycles. The first kappa shape index (κ1) is 39.1. The van der Waals surface area contributed by atoms with E-state index < -0.39 is 56.2 Å². The number of hydrogen-bond donors (Lipinski definition) is 6. The SMILES string of the molecule is CC(C)(CNC(=O)O)CC(=O)NCC[C@H](O)[C@@H](NC(=O)[C@@H](O)C(C)(C)S(C)(=O)=O)C(Cc1ccc(-c2ccccn2)cc1)c1ccccc1. The average Bonchev–Trinajstić information content (AvgIpc) is 3.05. The number of carbonyl (C=O) groups is 3. The van der Waals surface area contributed by atoms with Crippen molar-refractivity contribution in [2.75, 3.05) is 19.3 Å². The average molecular weight is 697 g/mol. The minimum atomic E-state index is -3.86. The van der Waals surface area contributed by atoms with Crippen LogP contribution in [-0.2, 0) is 25.8 Å². The fourth-order valence-electron chi connectivity index (χ4n) is 5.39. The van der Waals surface area contributed by atoms with E-state index in [4.69, 9.17) is 5.11 Å². The molecule has 0 bridgehead atoms. The fraction of sp³-hybridized carbons (Fsp3) is 0.444. The summed E-state index contributed by atoms with van der Waals surface area (Å²) in [6.07, 6.45) is -1.31. The number of hydrogen-bond acceptors (Lipinski definition) is 8. The quantitative estimate of drug-likeness (QED) is 0.123. The highest BCUT2D eigenvalue weighted by molar-refractivity contribution is 7.92. The van der Waals surface area contributed by atoms with Crippen molar-refractivity contribution in [3.8, 4) is 11.3 Å². The molecule has 4 atom stereocenters. The lowest BCUT2D eigenvalue weighted by Crippen LogP contribution is -2.57. The second-order valence-electron chi connectivity index (χ2n) is 13.7. The van der Waals surface area contributed by atoms with Crippen molar-refractivity contribution >= 4 is 27.7 Å². The smallest absolute Gasteiger partial charge is 0.404 e. The van der Waals surface area contributed by atoms with Crippen LogP contribution in [0.5, 0.6) is 0 Å². The van der Waals surface area contributed by atoms with Crippen LogP contribution in [0.15, 0.2) is 79.0 Å². The number of carboxylic acid groups (broad SMARTS) is 1. The van der Waals surface area contributed by atoms with E-state index in [0.717, 1.165) is 28.6 Å². The molecule has 3 amide bonds. The third kappa shape index (κ3) is 11.4. The third-order valence-corrected chi connectivity index (χ3v) is 10.9. The van der Waals surface area contributed by atoms with Gasteiger partial charge >= 0.3 is 6.09 Å². The number of rotatable bonds is 17. The molecule has 6 N–H and O–H groups in total. The summed E-state index contributed by atoms with van der Waals surface area (Å²) in [6.45, 7) is 6.13. The summed E-state index contributed by atoms with van der Waals surface area (Å²) in [7, 11) is -3.86. The highest BCUT2D eigenvalue weighted by Gasteiger charge is 2.44. The third-order valence-electron chi connectivity index (χ3n) is 8.74. The molecule has 2 aromatic carbocycles. The second-order valence-corrected chi connectivity index (χ2v) is 16.2. The molecule has 0 aliphatic carbocycles. The van der Waals surface area contributed by atoms with Crippen molar-refractivity contribution in [3.63, 3.8) is 0 Å². The van der Waals surface area contributed by atoms with Gasteiger partial charge in [-0.1, -0.05) is 74.5 Å². The standard InChI is InChI=1S/C36H48N4O8S/c1-35(2,23-39-34(45)46)22-30(42)38-20-18-29(41)31(40-33(44)32(43)36(3,4)49(5,47)48)27(25-11-7-6-8-12-25)21-24-14-16-26(17-15-24)28-13-9-10-19-37-28/h6-17,19,27,29,31-32,39,41,43H,18,20-23H2,1-5H3,(H,38,42)(H,40,44)(H,45,46)/t27?,29-,31-,32+/m0/s1. The first-order valence-electron chi connectivity index (χ1n) is 16.1. The zero-order valence-electron chi connectivity index (χ0n) is 28.6. The first-order chi connectivity index (χ1) is 22.9. The summed E-state index contributed by atoms with van der Waals surface area (Å²) < 4.78 is 23.1. The van der Waals surface area contributed by atoms with Gasteiger partial charge in [-0.3, -0.25) is 14.6 Å². The van der Waals surface area contributed by atoms with Gasteiger partial charge in [-0.2, -0.15) is 0 Å². The van der Waals surface area contributed by atoms with Gasteiger partial charge in [0.2, 0.25) is 5.91 Å². The lowest BCUT2D eigenvalue weighted by atomic mass is 9.82. The Labute approximate surface area is 288 Å². The molecule has 0 aliphatic rings. The van der Waals surface area contributed by atoms with Crippen LogP contribution in [0.1, 0.15) is 57.6 Å². The largest absolute Gasteiger partial charge is 0.465 e. The van der Waals surface area contributed by atoms with E-state index in [1.54, 1.807) is 20.0 Å². The van der Waals surface area contributed by atoms with Gasteiger partial charge in [0.05, 0.1) is 17.8 Å². The number of aromatic nitrogens is 1. The number of nitrogens with zero attached hydrogens (tertiary/aromatic N) is 1. The monoisotopic (exact) mass is 696 g/mol. The Kier molecular flexibility index (Phi) is 13.5. The highest BCUT2D eigenvalue weighted by atomic mass is 32.2. The van der Waals surface area contributed by atoms with E-state index in [1.165, 1.54) is 13.8 Å². The molecule has 3 rings (SSSR count). The Bertz CT molecular complexity index is 1650. The molecule has 0 saturated heterocycles. The minimum absolute atomic E-state index is 0.0119. The van der Waals surface area contributed by atoms with Gasteiger partial charge in [0.15, 0.2) is 15.9 Å². The van der Waals surface area contributed by atoms with Crippen LogP contribution >= 0.6 is 0 Å². The lowest BCUT2D eigenvalue weighted by molar-refractivity contribution is -0.132. The van der Waals surface area contributed by atoms with Crippen LogP contribution in [0.25, 0.3) is 11.3 Å². The van der Waals surface area contributed by atoms with Crippen molar-refractivity contribution in [2.45, 2.75) is 75.9 Å². The molecular weight excluding hydrogens is 648 g/mol. The van der Waals surface area contributed by atoms with Gasteiger partial charge in [0, 0.05) is 43.4 Å². The number of aliphatic hydroxyl groups is 2. The van der Waals surface area contributed by atoms with Crippen molar-refractivity contribution in [3.05, 3.63) is 90.1 Å². The van der Waals surface area contributed by atoms with Gasteiger partial charge in [-0.15, -0.1) is 0 Å². The molecule has 1 heterocycles. The maximum atomic E-state index is 13.5. The zero-order valence-corrected chi connectivity index (χ0v) is 29.4. The van der Waals surface area contributed by atoms with Crippen molar-refractivity contribution in [1.82, 2.24) is 20.9 Å². The number of nitrogens with one attached hydrogen (secondary N) is 3. The predicted octanol–water partition coefficient (Wildman–Crippen LogP) is 3.29. The summed E-state index contributed by atoms with van der Waals surface area (Å²) >= 11 is 0. The fourth-order valence-corrected chi connectivity index (χ4v) is 5.90. The maximum Gasteiger partial charge on any atom is 0.404 e. The molecule has 12 nitrogen and oxygen atoms in total. The summed E-state index contributed by atoms with van der Waals surface area (Å²) in [5.41, 5.74) is 2.73. The second kappa shape index (κ2) is 16.9. The van der Waals surface area contributed by atoms with Crippen LogP contribution in [0, 0.1) is 5.41 Å². The number of sulfone groups is 1. The highest BCUT2D eigenvalue weighted by Crippen LogP contribution is 2.30. The van der Waals surface area contributed by atoms with E-state index in [9.17, 15) is 33.0 Å². The molecule has 0 saturated carbocycles. The topological polar surface area (TPSA) is 195 Å². The van der Waals surface area contributed by atoms with Gasteiger partial charge in [0.1, 0.15) is 4.75 Å². The number of aliphatic hydroxyl groups excluding tert-OH is 2. The molecule has 49 heavy (non-hydrogen) atoms. The van der Waals surface area contributed by atoms with Crippen molar-refractivity contribution in [1.29, 1.82) is 0 Å². The maximum absolute atomic E-state index is 13.5. The zero-order chi connectivity index (χ0) is 36.4. The predicted molar refractivity (Wildman–Crippen MR) is 187 cm³/mol. The van der Waals surface area contributed by atoms with Gasteiger partial charge < -0.3 is 31.3 Å². The van der Waals surface area contributed by atoms with E-state index in [0.29, 0.717) is 6.42 Å². The summed E-state index contributed by atoms with van der Waals surface area (Å²) in [5, 5.41) is 39.3. The Morgan fingerprint density at radius 3 is 2.08 bits per heavy atom. The van der Waals surface area contributed by atoms with Crippen LogP contribution in [0.2, 0.25) is 0 Å². The summed E-state index contributed by atoms with van der Waals surface area (Å²) in [5.74, 6) is -1.84. The van der Waals surface area contributed by atoms with Gasteiger partial charge in [-0.05, 0) is 55.4 Å². The number of carbonyl (C=O) groups excluding carboxylic acids is 2. The molecule has 266 valence electrons. The lowest BCUT2D eigenvalue weighted by Gasteiger charge is -2.35. The molecule has 13 heteroatoms. The molecule has 1 aromatic heterocycles. The number of benzene rings is 2. The first-order valence-corrected chi connectivity index (χ1v) is 18.0. The Morgan fingerprint density at radius 2 is 1.51 bits per heavy atom. The van der Waals surface area contributed by atoms with Crippen LogP contribution in [0.4, 0.5) is 4.79 Å². The minimum Gasteiger partial charge on any atom is -0.465 e. The van der Waals surface area contributed by atoms with Crippen LogP contribution < -0.4 is 16.0 Å². The molecule has 1 unspecified atom stereocenters. The van der Waals surface area contributed by atoms with Crippen LogP contribution in [-0.4, -0.2) is 89.0 Å². The summed E-state index contributed by atoms with van der Waals surface area (Å²) in [4.78, 5) is 41.5. The van der Waals surface area contributed by atoms with E-state index in [1.807, 2.05) is 72.8 Å². The van der Waals surface area contributed by atoms with E-state index >= 15 is 0 Å². The van der Waals surface area contributed by atoms with E-state index in [2.05, 4.69) is 20.9 Å². The normalized spacial score (nSPS) is 14.6. The van der Waals surface area contributed by atoms with Crippen molar-refractivity contribution < 1.29 is 38.1 Å². The van der Waals surface area contributed by atoms with Crippen molar-refractivity contribution in [2.24, 2.45) is 5.41 Å². The van der Waals surface area contributed by atoms with E-state index in [-0.39, 0.29) is 31.8 Å². The Morgan fingerprint density at radius 1 is 0.878 bits per heavy atom. The van der Waals surface area contributed by atoms with Gasteiger partial charge in [-0.25, -0.2) is 13.2 Å². The molecule has 0 radical (unpaired) electrons. The number of amides is 3. The van der Waals surface area contributed by atoms with Crippen LogP contribution in [0.3, 0.4) is 0 Å². The molecule has 0 spiro atoms. The van der Waals surface area contributed by atoms with Gasteiger partial charge in [0.25, 0.3) is 5.91 Å².